The minimum atomic E-state index is 0.324. The fraction of sp³-hybridized carbons (Fsp3) is 0.364. The van der Waals surface area contributed by atoms with Crippen LogP contribution in [0.15, 0.2) is 17.0 Å². The van der Waals surface area contributed by atoms with Gasteiger partial charge in [-0.2, -0.15) is 0 Å². The summed E-state index contributed by atoms with van der Waals surface area (Å²) in [6, 6.07) is 2.34. The van der Waals surface area contributed by atoms with Crippen LogP contribution in [0.4, 0.5) is 0 Å². The number of thiazole rings is 1. The molecule has 0 amide bonds. The number of hydrogen-bond donors (Lipinski definition) is 1. The van der Waals surface area contributed by atoms with Gasteiger partial charge in [-0.25, -0.2) is 4.98 Å². The zero-order valence-corrected chi connectivity index (χ0v) is 11.5. The topological polar surface area (TPSA) is 24.9 Å². The van der Waals surface area contributed by atoms with E-state index in [0.29, 0.717) is 6.04 Å². The molecule has 0 aliphatic carbocycles. The first-order chi connectivity index (χ1) is 7.66. The quantitative estimate of drug-likeness (QED) is 0.909. The number of aryl methyl sites for hydroxylation is 1. The molecule has 0 spiro atoms. The Bertz CT molecular complexity index is 464. The number of halogens is 1. The predicted octanol–water partition coefficient (Wildman–Crippen LogP) is 4.02. The van der Waals surface area contributed by atoms with E-state index in [1.54, 1.807) is 22.7 Å². The highest BCUT2D eigenvalue weighted by Crippen LogP contribution is 2.25. The summed E-state index contributed by atoms with van der Waals surface area (Å²) in [5.74, 6) is 0. The van der Waals surface area contributed by atoms with Crippen LogP contribution in [0.25, 0.3) is 0 Å². The molecule has 0 bridgehead atoms. The molecule has 2 rings (SSSR count). The molecule has 0 radical (unpaired) electrons. The highest BCUT2D eigenvalue weighted by atomic mass is 35.5. The number of nitrogens with one attached hydrogen (secondary N) is 1. The molecule has 2 aromatic rings. The van der Waals surface area contributed by atoms with E-state index < -0.39 is 0 Å². The van der Waals surface area contributed by atoms with Crippen molar-refractivity contribution in [2.24, 2.45) is 0 Å². The molecular formula is C11H13ClN2S2. The maximum Gasteiger partial charge on any atom is 0.0931 e. The van der Waals surface area contributed by atoms with E-state index in [9.17, 15) is 0 Å². The Labute approximate surface area is 108 Å². The number of aromatic nitrogens is 1. The van der Waals surface area contributed by atoms with Crippen LogP contribution in [0.3, 0.4) is 0 Å². The second-order valence-corrected chi connectivity index (χ2v) is 6.13. The molecule has 2 heterocycles. The fourth-order valence-corrected chi connectivity index (χ4v) is 3.12. The van der Waals surface area contributed by atoms with Crippen LogP contribution in [-0.2, 0) is 6.54 Å². The van der Waals surface area contributed by atoms with Gasteiger partial charge in [0.2, 0.25) is 0 Å². The molecule has 1 N–H and O–H groups in total. The molecule has 1 unspecified atom stereocenters. The summed E-state index contributed by atoms with van der Waals surface area (Å²) < 4.78 is 0.845. The third kappa shape index (κ3) is 2.83. The molecule has 86 valence electrons. The van der Waals surface area contributed by atoms with Gasteiger partial charge in [0.15, 0.2) is 0 Å². The normalized spacial score (nSPS) is 12.9. The number of rotatable bonds is 4. The maximum atomic E-state index is 5.91. The molecule has 0 aromatic carbocycles. The van der Waals surface area contributed by atoms with Crippen molar-refractivity contribution < 1.29 is 0 Å². The Morgan fingerprint density at radius 2 is 2.31 bits per heavy atom. The van der Waals surface area contributed by atoms with Crippen molar-refractivity contribution in [3.63, 3.8) is 0 Å². The first-order valence-electron chi connectivity index (χ1n) is 5.03. The molecule has 1 atom stereocenters. The third-order valence-electron chi connectivity index (χ3n) is 2.50. The van der Waals surface area contributed by atoms with Crippen LogP contribution in [0, 0.1) is 6.92 Å². The Hall–Kier alpha value is -0.420. The molecule has 16 heavy (non-hydrogen) atoms. The van der Waals surface area contributed by atoms with Crippen LogP contribution in [0.5, 0.6) is 0 Å². The summed E-state index contributed by atoms with van der Waals surface area (Å²) in [6.07, 6.45) is 0. The van der Waals surface area contributed by atoms with E-state index in [0.717, 1.165) is 16.6 Å². The Balaban J connectivity index is 1.93. The zero-order valence-electron chi connectivity index (χ0n) is 9.16. The van der Waals surface area contributed by atoms with E-state index in [-0.39, 0.29) is 0 Å². The van der Waals surface area contributed by atoms with Gasteiger partial charge in [-0.15, -0.1) is 22.7 Å². The van der Waals surface area contributed by atoms with E-state index in [1.165, 1.54) is 10.4 Å². The molecule has 2 aromatic heterocycles. The first kappa shape index (κ1) is 12.0. The molecule has 5 heteroatoms. The van der Waals surface area contributed by atoms with Crippen molar-refractivity contribution in [2.45, 2.75) is 26.4 Å². The second kappa shape index (κ2) is 5.27. The van der Waals surface area contributed by atoms with E-state index in [4.69, 9.17) is 11.6 Å². The van der Waals surface area contributed by atoms with Crippen molar-refractivity contribution in [2.75, 3.05) is 0 Å². The third-order valence-corrected chi connectivity index (χ3v) is 4.55. The number of hydrogen-bond acceptors (Lipinski definition) is 4. The molecule has 0 fully saturated rings. The largest absolute Gasteiger partial charge is 0.305 e. The summed E-state index contributed by atoms with van der Waals surface area (Å²) in [4.78, 5) is 5.53. The summed E-state index contributed by atoms with van der Waals surface area (Å²) in [6.45, 7) is 5.06. The smallest absolute Gasteiger partial charge is 0.0931 e. The van der Waals surface area contributed by atoms with Crippen LogP contribution in [0.1, 0.15) is 29.1 Å². The molecular weight excluding hydrogens is 260 g/mol. The maximum absolute atomic E-state index is 5.91. The van der Waals surface area contributed by atoms with Crippen LogP contribution in [0.2, 0.25) is 4.34 Å². The highest BCUT2D eigenvalue weighted by molar-refractivity contribution is 7.14. The molecule has 0 saturated heterocycles. The van der Waals surface area contributed by atoms with Gasteiger partial charge >= 0.3 is 0 Å². The monoisotopic (exact) mass is 272 g/mol. The van der Waals surface area contributed by atoms with Crippen LogP contribution < -0.4 is 5.32 Å². The number of thiophene rings is 1. The van der Waals surface area contributed by atoms with Crippen molar-refractivity contribution in [3.8, 4) is 0 Å². The average molecular weight is 273 g/mol. The summed E-state index contributed by atoms with van der Waals surface area (Å²) >= 11 is 9.18. The lowest BCUT2D eigenvalue weighted by Crippen LogP contribution is -2.17. The Morgan fingerprint density at radius 1 is 1.50 bits per heavy atom. The van der Waals surface area contributed by atoms with Gasteiger partial charge < -0.3 is 5.32 Å². The van der Waals surface area contributed by atoms with Gasteiger partial charge in [-0.1, -0.05) is 11.6 Å². The minimum Gasteiger partial charge on any atom is -0.305 e. The van der Waals surface area contributed by atoms with Crippen molar-refractivity contribution >= 4 is 34.3 Å². The second-order valence-electron chi connectivity index (χ2n) is 3.65. The Kier molecular flexibility index (Phi) is 3.97. The average Bonchev–Trinajstić information content (AvgIpc) is 2.84. The van der Waals surface area contributed by atoms with Crippen molar-refractivity contribution in [1.29, 1.82) is 0 Å². The summed E-state index contributed by atoms with van der Waals surface area (Å²) in [5, 5.41) is 5.57. The number of nitrogens with zero attached hydrogens (tertiary/aromatic N) is 1. The summed E-state index contributed by atoms with van der Waals surface area (Å²) in [7, 11) is 0. The van der Waals surface area contributed by atoms with E-state index in [1.807, 2.05) is 18.5 Å². The standard InChI is InChI=1S/C11H13ClN2S2/c1-7(9-3-11(12)15-5-9)13-4-10-8(2)14-6-16-10/h3,5-7,13H,4H2,1-2H3. The molecule has 0 aliphatic rings. The summed E-state index contributed by atoms with van der Waals surface area (Å²) in [5.41, 5.74) is 4.25. The van der Waals surface area contributed by atoms with Gasteiger partial charge in [-0.05, 0) is 30.9 Å². The fourth-order valence-electron chi connectivity index (χ4n) is 1.41. The highest BCUT2D eigenvalue weighted by Gasteiger charge is 2.08. The van der Waals surface area contributed by atoms with Gasteiger partial charge in [0.25, 0.3) is 0 Å². The van der Waals surface area contributed by atoms with Crippen LogP contribution >= 0.6 is 34.3 Å². The lowest BCUT2D eigenvalue weighted by molar-refractivity contribution is 0.578. The molecule has 0 saturated carbocycles. The van der Waals surface area contributed by atoms with Crippen LogP contribution in [-0.4, -0.2) is 4.98 Å². The van der Waals surface area contributed by atoms with E-state index >= 15 is 0 Å². The Morgan fingerprint density at radius 3 is 2.88 bits per heavy atom. The van der Waals surface area contributed by atoms with Crippen molar-refractivity contribution in [1.82, 2.24) is 10.3 Å². The lowest BCUT2D eigenvalue weighted by Gasteiger charge is -2.11. The lowest BCUT2D eigenvalue weighted by atomic mass is 10.2. The molecule has 0 aliphatic heterocycles. The minimum absolute atomic E-state index is 0.324. The zero-order chi connectivity index (χ0) is 11.5. The van der Waals surface area contributed by atoms with Gasteiger partial charge in [0.05, 0.1) is 15.5 Å². The van der Waals surface area contributed by atoms with Gasteiger partial charge in [0, 0.05) is 17.5 Å². The van der Waals surface area contributed by atoms with Crippen molar-refractivity contribution in [3.05, 3.63) is 37.4 Å². The molecule has 2 nitrogen and oxygen atoms in total. The van der Waals surface area contributed by atoms with Gasteiger partial charge in [-0.3, -0.25) is 0 Å². The SMILES string of the molecule is Cc1ncsc1CNC(C)c1csc(Cl)c1. The van der Waals surface area contributed by atoms with E-state index in [2.05, 4.69) is 22.6 Å². The van der Waals surface area contributed by atoms with Gasteiger partial charge in [0.1, 0.15) is 0 Å². The first-order valence-corrected chi connectivity index (χ1v) is 7.17. The predicted molar refractivity (Wildman–Crippen MR) is 71.4 cm³/mol.